The Balaban J connectivity index is 1.25. The third-order valence-electron chi connectivity index (χ3n) is 5.13. The third-order valence-corrected chi connectivity index (χ3v) is 5.13. The number of anilines is 1. The number of nitrogens with one attached hydrogen (secondary N) is 1. The van der Waals surface area contributed by atoms with Crippen LogP contribution in [0.25, 0.3) is 0 Å². The van der Waals surface area contributed by atoms with Gasteiger partial charge >= 0.3 is 0 Å². The summed E-state index contributed by atoms with van der Waals surface area (Å²) in [6.45, 7) is 1.89. The fourth-order valence-corrected chi connectivity index (χ4v) is 3.58. The molecule has 21 heavy (non-hydrogen) atoms. The predicted octanol–water partition coefficient (Wildman–Crippen LogP) is 1.61. The van der Waals surface area contributed by atoms with Crippen molar-refractivity contribution in [2.45, 2.75) is 38.1 Å². The van der Waals surface area contributed by atoms with Gasteiger partial charge in [-0.2, -0.15) is 5.10 Å². The van der Waals surface area contributed by atoms with E-state index in [9.17, 15) is 4.79 Å². The van der Waals surface area contributed by atoms with Crippen LogP contribution in [0.3, 0.4) is 0 Å². The molecular weight excluding hydrogens is 264 g/mol. The maximum absolute atomic E-state index is 12.2. The summed E-state index contributed by atoms with van der Waals surface area (Å²) in [6, 6.07) is 4.25. The molecule has 2 heterocycles. The molecule has 5 nitrogen and oxygen atoms in total. The van der Waals surface area contributed by atoms with Gasteiger partial charge in [-0.15, -0.1) is 5.10 Å². The normalized spacial score (nSPS) is 29.2. The zero-order valence-electron chi connectivity index (χ0n) is 12.2. The van der Waals surface area contributed by atoms with Crippen molar-refractivity contribution in [3.05, 3.63) is 18.3 Å². The minimum Gasteiger partial charge on any atom is -0.355 e. The van der Waals surface area contributed by atoms with E-state index in [1.165, 1.54) is 12.8 Å². The molecule has 1 saturated heterocycles. The van der Waals surface area contributed by atoms with Crippen molar-refractivity contribution in [2.24, 2.45) is 17.8 Å². The fraction of sp³-hybridized carbons (Fsp3) is 0.688. The summed E-state index contributed by atoms with van der Waals surface area (Å²) >= 11 is 0. The highest BCUT2D eigenvalue weighted by molar-refractivity contribution is 5.82. The van der Waals surface area contributed by atoms with Gasteiger partial charge in [0.25, 0.3) is 0 Å². The van der Waals surface area contributed by atoms with Crippen LogP contribution in [-0.4, -0.2) is 35.2 Å². The Kier molecular flexibility index (Phi) is 3.28. The Morgan fingerprint density at radius 3 is 2.71 bits per heavy atom. The molecule has 1 N–H and O–H groups in total. The van der Waals surface area contributed by atoms with Gasteiger partial charge in [0.2, 0.25) is 5.91 Å². The molecule has 2 aliphatic carbocycles. The minimum atomic E-state index is 0.310. The van der Waals surface area contributed by atoms with Crippen molar-refractivity contribution >= 4 is 11.7 Å². The molecule has 3 aliphatic rings. The van der Waals surface area contributed by atoms with E-state index in [1.807, 2.05) is 12.1 Å². The summed E-state index contributed by atoms with van der Waals surface area (Å²) in [5.41, 5.74) is 0. The number of carbonyl (C=O) groups excluding carboxylic acids is 1. The second-order valence-corrected chi connectivity index (χ2v) is 6.70. The number of piperidine rings is 1. The number of amides is 1. The first kappa shape index (κ1) is 13.0. The van der Waals surface area contributed by atoms with Gasteiger partial charge in [0.15, 0.2) is 5.82 Å². The van der Waals surface area contributed by atoms with E-state index in [1.54, 1.807) is 6.20 Å². The monoisotopic (exact) mass is 286 g/mol. The van der Waals surface area contributed by atoms with E-state index in [0.29, 0.717) is 23.8 Å². The second-order valence-electron chi connectivity index (χ2n) is 6.70. The molecule has 5 heteroatoms. The van der Waals surface area contributed by atoms with Crippen LogP contribution >= 0.6 is 0 Å². The van der Waals surface area contributed by atoms with Crippen LogP contribution in [0.2, 0.25) is 0 Å². The first-order valence-corrected chi connectivity index (χ1v) is 8.14. The van der Waals surface area contributed by atoms with Gasteiger partial charge in [-0.25, -0.2) is 0 Å². The summed E-state index contributed by atoms with van der Waals surface area (Å²) < 4.78 is 0. The summed E-state index contributed by atoms with van der Waals surface area (Å²) in [5, 5.41) is 11.3. The Hall–Kier alpha value is -1.65. The number of carbonyl (C=O) groups is 1. The van der Waals surface area contributed by atoms with Crippen LogP contribution in [0.5, 0.6) is 0 Å². The summed E-state index contributed by atoms with van der Waals surface area (Å²) in [4.78, 5) is 14.5. The van der Waals surface area contributed by atoms with Crippen molar-refractivity contribution in [1.29, 1.82) is 0 Å². The van der Waals surface area contributed by atoms with Gasteiger partial charge < -0.3 is 10.2 Å². The highest BCUT2D eigenvalue weighted by atomic mass is 16.2. The predicted molar refractivity (Wildman–Crippen MR) is 79.7 cm³/mol. The van der Waals surface area contributed by atoms with E-state index in [0.717, 1.165) is 44.1 Å². The van der Waals surface area contributed by atoms with Crippen molar-refractivity contribution in [3.63, 3.8) is 0 Å². The summed E-state index contributed by atoms with van der Waals surface area (Å²) in [6.07, 6.45) is 7.54. The van der Waals surface area contributed by atoms with Gasteiger partial charge in [-0.1, -0.05) is 0 Å². The topological polar surface area (TPSA) is 58.1 Å². The summed E-state index contributed by atoms with van der Waals surface area (Å²) in [5.74, 6) is 3.17. The number of nitrogens with zero attached hydrogens (tertiary/aromatic N) is 3. The SMILES string of the molecule is O=C(NC1CCN(c2cccnn2)CC1)[C@H]1C[C@@H]1C1CC1. The van der Waals surface area contributed by atoms with Gasteiger partial charge in [-0.3, -0.25) is 4.79 Å². The van der Waals surface area contributed by atoms with Crippen molar-refractivity contribution < 1.29 is 4.79 Å². The lowest BCUT2D eigenvalue weighted by atomic mass is 10.0. The molecule has 0 unspecified atom stereocenters. The molecule has 2 saturated carbocycles. The highest BCUT2D eigenvalue weighted by Crippen LogP contribution is 2.54. The first-order chi connectivity index (χ1) is 10.3. The number of hydrogen-bond donors (Lipinski definition) is 1. The Bertz CT molecular complexity index is 508. The molecule has 0 spiro atoms. The zero-order chi connectivity index (χ0) is 14.2. The number of rotatable bonds is 4. The molecule has 0 bridgehead atoms. The molecular formula is C16H22N4O. The third kappa shape index (κ3) is 2.87. The molecule has 112 valence electrons. The van der Waals surface area contributed by atoms with Crippen molar-refractivity contribution in [2.75, 3.05) is 18.0 Å². The molecule has 4 rings (SSSR count). The minimum absolute atomic E-state index is 0.310. The largest absolute Gasteiger partial charge is 0.355 e. The van der Waals surface area contributed by atoms with E-state index >= 15 is 0 Å². The van der Waals surface area contributed by atoms with Crippen LogP contribution in [0, 0.1) is 17.8 Å². The first-order valence-electron chi connectivity index (χ1n) is 8.14. The van der Waals surface area contributed by atoms with Gasteiger partial charge in [-0.05, 0) is 56.1 Å². The number of hydrogen-bond acceptors (Lipinski definition) is 4. The smallest absolute Gasteiger partial charge is 0.223 e. The molecule has 1 aromatic heterocycles. The lowest BCUT2D eigenvalue weighted by Gasteiger charge is -2.32. The molecule has 1 aliphatic heterocycles. The molecule has 1 amide bonds. The Labute approximate surface area is 125 Å². The average molecular weight is 286 g/mol. The molecule has 0 aromatic carbocycles. The van der Waals surface area contributed by atoms with E-state index < -0.39 is 0 Å². The van der Waals surface area contributed by atoms with Crippen LogP contribution in [0.1, 0.15) is 32.1 Å². The van der Waals surface area contributed by atoms with Crippen molar-refractivity contribution in [3.8, 4) is 0 Å². The number of aromatic nitrogens is 2. The lowest BCUT2D eigenvalue weighted by molar-refractivity contribution is -0.123. The highest BCUT2D eigenvalue weighted by Gasteiger charge is 2.51. The van der Waals surface area contributed by atoms with Gasteiger partial charge in [0.1, 0.15) is 0 Å². The van der Waals surface area contributed by atoms with Gasteiger partial charge in [0.05, 0.1) is 0 Å². The van der Waals surface area contributed by atoms with Crippen LogP contribution in [0.15, 0.2) is 18.3 Å². The maximum Gasteiger partial charge on any atom is 0.223 e. The van der Waals surface area contributed by atoms with E-state index in [2.05, 4.69) is 20.4 Å². The Morgan fingerprint density at radius 2 is 2.05 bits per heavy atom. The second kappa shape index (κ2) is 5.28. The average Bonchev–Trinajstić information content (AvgIpc) is 3.40. The van der Waals surface area contributed by atoms with Crippen molar-refractivity contribution in [1.82, 2.24) is 15.5 Å². The van der Waals surface area contributed by atoms with E-state index in [4.69, 9.17) is 0 Å². The lowest BCUT2D eigenvalue weighted by Crippen LogP contribution is -2.45. The molecule has 0 radical (unpaired) electrons. The van der Waals surface area contributed by atoms with Crippen LogP contribution < -0.4 is 10.2 Å². The standard InChI is InChI=1S/C16H22N4O/c21-16(14-10-13(14)11-3-4-11)18-12-5-8-20(9-6-12)15-2-1-7-17-19-15/h1-2,7,11-14H,3-6,8-10H2,(H,18,21)/t13-,14+/m1/s1. The van der Waals surface area contributed by atoms with Crippen LogP contribution in [-0.2, 0) is 4.79 Å². The molecule has 1 aromatic rings. The van der Waals surface area contributed by atoms with Crippen LogP contribution in [0.4, 0.5) is 5.82 Å². The zero-order valence-corrected chi connectivity index (χ0v) is 12.2. The molecule has 2 atom stereocenters. The van der Waals surface area contributed by atoms with Gasteiger partial charge in [0, 0.05) is 31.2 Å². The fourth-order valence-electron chi connectivity index (χ4n) is 3.58. The summed E-state index contributed by atoms with van der Waals surface area (Å²) in [7, 11) is 0. The molecule has 3 fully saturated rings. The Morgan fingerprint density at radius 1 is 1.24 bits per heavy atom. The quantitative estimate of drug-likeness (QED) is 0.913. The maximum atomic E-state index is 12.2. The van der Waals surface area contributed by atoms with E-state index in [-0.39, 0.29) is 0 Å².